The molecular formula is C21H22F2N4O2. The molecule has 0 aliphatic carbocycles. The summed E-state index contributed by atoms with van der Waals surface area (Å²) in [6.45, 7) is 2.74. The molecule has 0 saturated carbocycles. The third-order valence-electron chi connectivity index (χ3n) is 4.29. The Balaban J connectivity index is 1.66. The van der Waals surface area contributed by atoms with Crippen LogP contribution in [0.1, 0.15) is 29.9 Å². The number of carbonyl (C=O) groups is 1. The van der Waals surface area contributed by atoms with Crippen LogP contribution in [0.15, 0.2) is 54.6 Å². The van der Waals surface area contributed by atoms with Crippen LogP contribution in [0, 0.1) is 13.8 Å². The van der Waals surface area contributed by atoms with Crippen LogP contribution in [0.2, 0.25) is 0 Å². The van der Waals surface area contributed by atoms with Gasteiger partial charge in [0.2, 0.25) is 0 Å². The van der Waals surface area contributed by atoms with Gasteiger partial charge in [-0.2, -0.15) is 13.9 Å². The predicted octanol–water partition coefficient (Wildman–Crippen LogP) is 4.97. The lowest BCUT2D eigenvalue weighted by Gasteiger charge is -2.16. The second-order valence-electron chi connectivity index (χ2n) is 6.66. The smallest absolute Gasteiger partial charge is 0.387 e. The van der Waals surface area contributed by atoms with E-state index in [0.717, 1.165) is 17.1 Å². The Hall–Kier alpha value is -3.42. The van der Waals surface area contributed by atoms with E-state index in [2.05, 4.69) is 20.5 Å². The lowest BCUT2D eigenvalue weighted by molar-refractivity contribution is -0.0499. The van der Waals surface area contributed by atoms with Crippen molar-refractivity contribution in [3.8, 4) is 11.4 Å². The molecule has 3 aromatic rings. The van der Waals surface area contributed by atoms with Crippen molar-refractivity contribution in [1.82, 2.24) is 15.1 Å². The fourth-order valence-corrected chi connectivity index (χ4v) is 3.01. The number of aromatic nitrogens is 2. The van der Waals surface area contributed by atoms with E-state index in [0.29, 0.717) is 11.3 Å². The van der Waals surface area contributed by atoms with Crippen LogP contribution in [-0.2, 0) is 0 Å². The van der Waals surface area contributed by atoms with Crippen molar-refractivity contribution in [3.05, 3.63) is 71.5 Å². The van der Waals surface area contributed by atoms with Gasteiger partial charge in [-0.15, -0.1) is 0 Å². The molecule has 2 amide bonds. The van der Waals surface area contributed by atoms with Gasteiger partial charge in [-0.05, 0) is 62.7 Å². The maximum absolute atomic E-state index is 12.4. The highest BCUT2D eigenvalue weighted by Gasteiger charge is 2.12. The summed E-state index contributed by atoms with van der Waals surface area (Å²) < 4.78 is 31.0. The molecule has 1 atom stereocenters. The minimum absolute atomic E-state index is 0.0455. The number of carbonyl (C=O) groups excluding carboxylic acids is 1. The Morgan fingerprint density at radius 2 is 1.86 bits per heavy atom. The first kappa shape index (κ1) is 20.3. The van der Waals surface area contributed by atoms with Gasteiger partial charge in [0.1, 0.15) is 5.75 Å². The van der Waals surface area contributed by atoms with Gasteiger partial charge in [0.05, 0.1) is 17.4 Å². The first-order valence-corrected chi connectivity index (χ1v) is 9.08. The number of alkyl halides is 2. The van der Waals surface area contributed by atoms with Gasteiger partial charge in [-0.25, -0.2) is 9.48 Å². The van der Waals surface area contributed by atoms with E-state index >= 15 is 0 Å². The van der Waals surface area contributed by atoms with Crippen molar-refractivity contribution in [2.24, 2.45) is 0 Å². The van der Waals surface area contributed by atoms with E-state index in [4.69, 9.17) is 0 Å². The van der Waals surface area contributed by atoms with Crippen LogP contribution in [0.4, 0.5) is 19.3 Å². The van der Waals surface area contributed by atoms with Gasteiger partial charge in [-0.1, -0.05) is 18.2 Å². The topological polar surface area (TPSA) is 68.2 Å². The van der Waals surface area contributed by atoms with Crippen LogP contribution < -0.4 is 15.4 Å². The summed E-state index contributed by atoms with van der Waals surface area (Å²) in [7, 11) is 0. The lowest BCUT2D eigenvalue weighted by Crippen LogP contribution is -2.31. The van der Waals surface area contributed by atoms with Gasteiger partial charge in [0.15, 0.2) is 0 Å². The number of amides is 2. The van der Waals surface area contributed by atoms with E-state index in [-0.39, 0.29) is 5.75 Å². The van der Waals surface area contributed by atoms with Crippen molar-refractivity contribution in [2.45, 2.75) is 33.4 Å². The summed E-state index contributed by atoms with van der Waals surface area (Å²) in [6.07, 6.45) is 0. The normalized spacial score (nSPS) is 11.9. The summed E-state index contributed by atoms with van der Waals surface area (Å²) in [5, 5.41) is 10.0. The van der Waals surface area contributed by atoms with Crippen LogP contribution in [0.25, 0.3) is 5.69 Å². The first-order valence-electron chi connectivity index (χ1n) is 9.08. The largest absolute Gasteiger partial charge is 0.435 e. The fourth-order valence-electron chi connectivity index (χ4n) is 3.01. The summed E-state index contributed by atoms with van der Waals surface area (Å²) >= 11 is 0. The van der Waals surface area contributed by atoms with Crippen LogP contribution >= 0.6 is 0 Å². The van der Waals surface area contributed by atoms with Gasteiger partial charge < -0.3 is 15.4 Å². The van der Waals surface area contributed by atoms with Crippen molar-refractivity contribution in [1.29, 1.82) is 0 Å². The third-order valence-corrected chi connectivity index (χ3v) is 4.29. The van der Waals surface area contributed by atoms with E-state index < -0.39 is 18.7 Å². The fraction of sp³-hybridized carbons (Fsp3) is 0.238. The average molecular weight is 400 g/mol. The number of halogens is 2. The molecule has 0 fully saturated rings. The minimum Gasteiger partial charge on any atom is -0.435 e. The molecule has 0 aliphatic heterocycles. The molecule has 1 heterocycles. The van der Waals surface area contributed by atoms with E-state index in [1.807, 2.05) is 38.1 Å². The van der Waals surface area contributed by atoms with E-state index in [9.17, 15) is 13.6 Å². The molecule has 0 bridgehead atoms. The molecule has 1 unspecified atom stereocenters. The van der Waals surface area contributed by atoms with E-state index in [1.54, 1.807) is 29.8 Å². The van der Waals surface area contributed by atoms with Crippen LogP contribution in [-0.4, -0.2) is 22.4 Å². The molecule has 8 heteroatoms. The molecule has 2 N–H and O–H groups in total. The molecule has 0 aliphatic rings. The second kappa shape index (κ2) is 8.72. The highest BCUT2D eigenvalue weighted by Crippen LogP contribution is 2.21. The summed E-state index contributed by atoms with van der Waals surface area (Å²) in [4.78, 5) is 12.4. The molecule has 3 rings (SSSR count). The number of aryl methyl sites for hydroxylation is 2. The molecular weight excluding hydrogens is 378 g/mol. The van der Waals surface area contributed by atoms with Gasteiger partial charge in [0, 0.05) is 11.4 Å². The maximum atomic E-state index is 12.4. The van der Waals surface area contributed by atoms with E-state index in [1.165, 1.54) is 12.1 Å². The number of nitrogens with one attached hydrogen (secondary N) is 2. The average Bonchev–Trinajstić information content (AvgIpc) is 2.99. The summed E-state index contributed by atoms with van der Waals surface area (Å²) in [5.41, 5.74) is 3.98. The highest BCUT2D eigenvalue weighted by molar-refractivity contribution is 5.89. The molecule has 0 radical (unpaired) electrons. The first-order chi connectivity index (χ1) is 13.8. The zero-order valence-electron chi connectivity index (χ0n) is 16.3. The zero-order chi connectivity index (χ0) is 21.0. The van der Waals surface area contributed by atoms with Crippen molar-refractivity contribution in [3.63, 3.8) is 0 Å². The van der Waals surface area contributed by atoms with Crippen molar-refractivity contribution >= 4 is 11.7 Å². The zero-order valence-corrected chi connectivity index (χ0v) is 16.3. The lowest BCUT2D eigenvalue weighted by atomic mass is 10.1. The predicted molar refractivity (Wildman–Crippen MR) is 107 cm³/mol. The number of ether oxygens (including phenoxy) is 1. The van der Waals surface area contributed by atoms with Crippen molar-refractivity contribution in [2.75, 3.05) is 5.32 Å². The van der Waals surface area contributed by atoms with Crippen LogP contribution in [0.5, 0.6) is 5.75 Å². The molecule has 1 aromatic heterocycles. The quantitative estimate of drug-likeness (QED) is 0.614. The summed E-state index contributed by atoms with van der Waals surface area (Å²) in [5.74, 6) is 0.0455. The van der Waals surface area contributed by atoms with Gasteiger partial charge in [0.25, 0.3) is 0 Å². The number of nitrogens with zero attached hydrogens (tertiary/aromatic N) is 2. The van der Waals surface area contributed by atoms with Crippen LogP contribution in [0.3, 0.4) is 0 Å². The van der Waals surface area contributed by atoms with Gasteiger partial charge in [-0.3, -0.25) is 0 Å². The third kappa shape index (κ3) is 5.31. The number of hydrogen-bond acceptors (Lipinski definition) is 3. The highest BCUT2D eigenvalue weighted by atomic mass is 19.3. The Kier molecular flexibility index (Phi) is 6.11. The molecule has 0 spiro atoms. The minimum atomic E-state index is -2.90. The maximum Gasteiger partial charge on any atom is 0.387 e. The second-order valence-corrected chi connectivity index (χ2v) is 6.66. The van der Waals surface area contributed by atoms with Crippen molar-refractivity contribution < 1.29 is 18.3 Å². The number of benzene rings is 2. The standard InChI is InChI=1S/C21H22F2N4O2/c1-13-10-14(2)27(26-13)18-8-5-7-17(12-18)25-21(28)24-15(3)16-6-4-9-19(11-16)29-20(22)23/h4-12,15,20H,1-3H3,(H2,24,25,28). The monoisotopic (exact) mass is 400 g/mol. The molecule has 0 saturated heterocycles. The molecule has 6 nitrogen and oxygen atoms in total. The number of hydrogen-bond donors (Lipinski definition) is 2. The molecule has 2 aromatic carbocycles. The Morgan fingerprint density at radius 3 is 2.55 bits per heavy atom. The molecule has 152 valence electrons. The SMILES string of the molecule is Cc1cc(C)n(-c2cccc(NC(=O)NC(C)c3cccc(OC(F)F)c3)c2)n1. The number of urea groups is 1. The Labute approximate surface area is 167 Å². The van der Waals surface area contributed by atoms with Gasteiger partial charge >= 0.3 is 12.6 Å². The molecule has 29 heavy (non-hydrogen) atoms. The number of anilines is 1. The Bertz CT molecular complexity index is 1000. The number of rotatable bonds is 6. The Morgan fingerprint density at radius 1 is 1.10 bits per heavy atom. The summed E-state index contributed by atoms with van der Waals surface area (Å²) in [6, 6.07) is 14.7.